The number of unbranched alkanes of at least 4 members (excludes halogenated alkanes) is 2. The number of sulfone groups is 1. The van der Waals surface area contributed by atoms with Gasteiger partial charge in [0.25, 0.3) is 10.1 Å². The Morgan fingerprint density at radius 2 is 1.38 bits per heavy atom. The van der Waals surface area contributed by atoms with Crippen molar-refractivity contribution in [1.82, 2.24) is 0 Å². The average Bonchev–Trinajstić information content (AvgIpc) is 1.81. The van der Waals surface area contributed by atoms with Crippen molar-refractivity contribution in [2.45, 2.75) is 19.3 Å². The van der Waals surface area contributed by atoms with Gasteiger partial charge in [0.05, 0.1) is 5.75 Å². The molecular formula is C6H14O5S2. The van der Waals surface area contributed by atoms with E-state index in [1.807, 2.05) is 0 Å². The zero-order valence-electron chi connectivity index (χ0n) is 7.43. The molecule has 0 rings (SSSR count). The van der Waals surface area contributed by atoms with Crippen molar-refractivity contribution in [1.29, 1.82) is 0 Å². The fourth-order valence-electron chi connectivity index (χ4n) is 0.825. The molecular weight excluding hydrogens is 216 g/mol. The smallest absolute Gasteiger partial charge is 0.264 e. The van der Waals surface area contributed by atoms with Crippen LogP contribution in [0.15, 0.2) is 0 Å². The van der Waals surface area contributed by atoms with Gasteiger partial charge in [-0.25, -0.2) is 8.42 Å². The van der Waals surface area contributed by atoms with E-state index in [9.17, 15) is 16.8 Å². The Morgan fingerprint density at radius 1 is 0.923 bits per heavy atom. The first kappa shape index (κ1) is 12.9. The van der Waals surface area contributed by atoms with E-state index in [-0.39, 0.29) is 11.5 Å². The topological polar surface area (TPSA) is 88.5 Å². The summed E-state index contributed by atoms with van der Waals surface area (Å²) >= 11 is 0. The molecule has 0 heterocycles. The highest BCUT2D eigenvalue weighted by Gasteiger charge is 2.05. The Balaban J connectivity index is 3.50. The fraction of sp³-hybridized carbons (Fsp3) is 1.00. The van der Waals surface area contributed by atoms with Gasteiger partial charge in [0.2, 0.25) is 0 Å². The van der Waals surface area contributed by atoms with Gasteiger partial charge in [0.15, 0.2) is 0 Å². The van der Waals surface area contributed by atoms with Crippen molar-refractivity contribution in [3.63, 3.8) is 0 Å². The van der Waals surface area contributed by atoms with Crippen LogP contribution in [0.5, 0.6) is 0 Å². The standard InChI is InChI=1S/C6H14O5S2/c1-12(7,8)5-3-2-4-6-13(9,10)11/h2-6H2,1H3,(H,9,10,11). The second-order valence-electron chi connectivity index (χ2n) is 2.98. The minimum Gasteiger partial charge on any atom is -0.286 e. The van der Waals surface area contributed by atoms with Crippen LogP contribution < -0.4 is 0 Å². The predicted molar refractivity (Wildman–Crippen MR) is 50.0 cm³/mol. The van der Waals surface area contributed by atoms with E-state index in [0.29, 0.717) is 19.3 Å². The third kappa shape index (κ3) is 11.9. The lowest BCUT2D eigenvalue weighted by Crippen LogP contribution is -2.06. The normalized spacial score (nSPS) is 13.1. The van der Waals surface area contributed by atoms with E-state index < -0.39 is 20.0 Å². The maximum atomic E-state index is 10.6. The summed E-state index contributed by atoms with van der Waals surface area (Å²) in [4.78, 5) is 0. The molecule has 0 unspecified atom stereocenters. The average molecular weight is 230 g/mol. The van der Waals surface area contributed by atoms with Crippen LogP contribution in [0, 0.1) is 0 Å². The third-order valence-corrected chi connectivity index (χ3v) is 3.25. The van der Waals surface area contributed by atoms with E-state index in [1.165, 1.54) is 0 Å². The highest BCUT2D eigenvalue weighted by Crippen LogP contribution is 2.00. The Bertz CT molecular complexity index is 292. The summed E-state index contributed by atoms with van der Waals surface area (Å²) in [6, 6.07) is 0. The molecule has 0 aromatic rings. The molecule has 0 amide bonds. The number of rotatable bonds is 6. The van der Waals surface area contributed by atoms with Crippen LogP contribution in [0.4, 0.5) is 0 Å². The molecule has 0 spiro atoms. The summed E-state index contributed by atoms with van der Waals surface area (Å²) in [5.41, 5.74) is 0. The Morgan fingerprint density at radius 3 is 1.77 bits per heavy atom. The Hall–Kier alpha value is -0.140. The highest BCUT2D eigenvalue weighted by atomic mass is 32.2. The Kier molecular flexibility index (Phi) is 4.87. The molecule has 0 saturated heterocycles. The molecule has 1 N–H and O–H groups in total. The lowest BCUT2D eigenvalue weighted by atomic mass is 10.3. The molecule has 0 aromatic carbocycles. The molecule has 7 heteroatoms. The lowest BCUT2D eigenvalue weighted by Gasteiger charge is -1.98. The minimum atomic E-state index is -3.89. The molecule has 0 aliphatic rings. The monoisotopic (exact) mass is 230 g/mol. The predicted octanol–water partition coefficient (Wildman–Crippen LogP) is 0.0891. The molecule has 0 fully saturated rings. The summed E-state index contributed by atoms with van der Waals surface area (Å²) < 4.78 is 50.0. The van der Waals surface area contributed by atoms with Crippen LogP contribution in [-0.2, 0) is 20.0 Å². The van der Waals surface area contributed by atoms with Gasteiger partial charge in [0, 0.05) is 12.0 Å². The maximum Gasteiger partial charge on any atom is 0.264 e. The molecule has 0 saturated carbocycles. The van der Waals surface area contributed by atoms with Crippen LogP contribution >= 0.6 is 0 Å². The molecule has 0 radical (unpaired) electrons. The van der Waals surface area contributed by atoms with Crippen molar-refractivity contribution in [2.24, 2.45) is 0 Å². The van der Waals surface area contributed by atoms with Crippen LogP contribution in [0.1, 0.15) is 19.3 Å². The molecule has 0 atom stereocenters. The second-order valence-corrected chi connectivity index (χ2v) is 6.81. The van der Waals surface area contributed by atoms with Gasteiger partial charge >= 0.3 is 0 Å². The summed E-state index contributed by atoms with van der Waals surface area (Å²) in [6.07, 6.45) is 2.37. The first-order valence-electron chi connectivity index (χ1n) is 3.83. The van der Waals surface area contributed by atoms with Gasteiger partial charge in [-0.05, 0) is 12.8 Å². The molecule has 0 aromatic heterocycles. The molecule has 0 aliphatic heterocycles. The van der Waals surface area contributed by atoms with E-state index >= 15 is 0 Å². The highest BCUT2D eigenvalue weighted by molar-refractivity contribution is 7.90. The van der Waals surface area contributed by atoms with E-state index in [4.69, 9.17) is 4.55 Å². The molecule has 0 bridgehead atoms. The largest absolute Gasteiger partial charge is 0.286 e. The SMILES string of the molecule is CS(=O)(=O)CCCCCS(=O)(=O)O. The van der Waals surface area contributed by atoms with Crippen molar-refractivity contribution in [2.75, 3.05) is 17.8 Å². The van der Waals surface area contributed by atoms with Crippen LogP contribution in [0.2, 0.25) is 0 Å². The van der Waals surface area contributed by atoms with Gasteiger partial charge in [-0.15, -0.1) is 0 Å². The van der Waals surface area contributed by atoms with Crippen LogP contribution in [-0.4, -0.2) is 39.1 Å². The van der Waals surface area contributed by atoms with E-state index in [0.717, 1.165) is 6.26 Å². The zero-order chi connectivity index (χ0) is 10.5. The van der Waals surface area contributed by atoms with E-state index in [1.54, 1.807) is 0 Å². The van der Waals surface area contributed by atoms with Crippen molar-refractivity contribution in [3.05, 3.63) is 0 Å². The number of hydrogen-bond donors (Lipinski definition) is 1. The summed E-state index contributed by atoms with van der Waals surface area (Å²) in [7, 11) is -6.84. The van der Waals surface area contributed by atoms with E-state index in [2.05, 4.69) is 0 Å². The van der Waals surface area contributed by atoms with Gasteiger partial charge in [-0.1, -0.05) is 6.42 Å². The quantitative estimate of drug-likeness (QED) is 0.516. The van der Waals surface area contributed by atoms with Gasteiger partial charge in [-0.3, -0.25) is 4.55 Å². The molecule has 5 nitrogen and oxygen atoms in total. The lowest BCUT2D eigenvalue weighted by molar-refractivity contribution is 0.480. The van der Waals surface area contributed by atoms with Crippen LogP contribution in [0.25, 0.3) is 0 Å². The van der Waals surface area contributed by atoms with Gasteiger partial charge in [0.1, 0.15) is 9.84 Å². The van der Waals surface area contributed by atoms with Gasteiger partial charge < -0.3 is 0 Å². The van der Waals surface area contributed by atoms with Crippen LogP contribution in [0.3, 0.4) is 0 Å². The minimum absolute atomic E-state index is 0.0679. The zero-order valence-corrected chi connectivity index (χ0v) is 9.07. The molecule has 0 aliphatic carbocycles. The molecule has 80 valence electrons. The first-order valence-corrected chi connectivity index (χ1v) is 7.50. The van der Waals surface area contributed by atoms with Gasteiger partial charge in [-0.2, -0.15) is 8.42 Å². The second kappa shape index (κ2) is 4.92. The Labute approximate surface area is 78.8 Å². The van der Waals surface area contributed by atoms with Crippen molar-refractivity contribution >= 4 is 20.0 Å². The first-order chi connectivity index (χ1) is 5.71. The summed E-state index contributed by atoms with van der Waals surface area (Å²) in [6.45, 7) is 0. The maximum absolute atomic E-state index is 10.6. The molecule has 13 heavy (non-hydrogen) atoms. The van der Waals surface area contributed by atoms with Crippen molar-refractivity contribution < 1.29 is 21.4 Å². The summed E-state index contributed by atoms with van der Waals surface area (Å²) in [5.74, 6) is -0.227. The summed E-state index contributed by atoms with van der Waals surface area (Å²) in [5, 5.41) is 0. The van der Waals surface area contributed by atoms with Crippen molar-refractivity contribution in [3.8, 4) is 0 Å². The third-order valence-electron chi connectivity index (χ3n) is 1.42. The number of hydrogen-bond acceptors (Lipinski definition) is 4. The fourth-order valence-corrected chi connectivity index (χ4v) is 2.12.